The van der Waals surface area contributed by atoms with E-state index in [2.05, 4.69) is 49.1 Å². The molecule has 0 saturated heterocycles. The van der Waals surface area contributed by atoms with E-state index in [9.17, 15) is 0 Å². The fourth-order valence-corrected chi connectivity index (χ4v) is 2.76. The summed E-state index contributed by atoms with van der Waals surface area (Å²) in [5.74, 6) is 0. The lowest BCUT2D eigenvalue weighted by molar-refractivity contribution is 0.682. The molecular formula is C18H23ClN2. The largest absolute Gasteiger partial charge is 0.365 e. The average molecular weight is 303 g/mol. The van der Waals surface area contributed by atoms with Crippen molar-refractivity contribution in [1.29, 1.82) is 0 Å². The van der Waals surface area contributed by atoms with Crippen molar-refractivity contribution in [3.63, 3.8) is 0 Å². The number of rotatable bonds is 5. The van der Waals surface area contributed by atoms with E-state index >= 15 is 0 Å². The number of benzene rings is 2. The van der Waals surface area contributed by atoms with Crippen LogP contribution in [-0.4, -0.2) is 6.04 Å². The molecule has 0 amide bonds. The predicted octanol–water partition coefficient (Wildman–Crippen LogP) is 4.77. The minimum absolute atomic E-state index is 0.0480. The summed E-state index contributed by atoms with van der Waals surface area (Å²) in [6.07, 6.45) is 0. The minimum atomic E-state index is -0.0480. The zero-order valence-electron chi connectivity index (χ0n) is 12.9. The Morgan fingerprint density at radius 2 is 1.71 bits per heavy atom. The molecule has 0 radical (unpaired) electrons. The number of hydrogen-bond donors (Lipinski definition) is 1. The highest BCUT2D eigenvalue weighted by Gasteiger charge is 2.14. The van der Waals surface area contributed by atoms with Crippen LogP contribution in [0.15, 0.2) is 48.5 Å². The van der Waals surface area contributed by atoms with Crippen molar-refractivity contribution >= 4 is 17.3 Å². The van der Waals surface area contributed by atoms with Crippen molar-refractivity contribution < 1.29 is 0 Å². The Bertz CT molecular complexity index is 579. The molecule has 1 unspecified atom stereocenters. The molecule has 2 aromatic rings. The van der Waals surface area contributed by atoms with Crippen LogP contribution < -0.4 is 10.6 Å². The van der Waals surface area contributed by atoms with Crippen molar-refractivity contribution in [2.24, 2.45) is 5.73 Å². The van der Waals surface area contributed by atoms with Gasteiger partial charge in [0.1, 0.15) is 0 Å². The van der Waals surface area contributed by atoms with Crippen molar-refractivity contribution in [3.8, 4) is 0 Å². The first-order valence-electron chi connectivity index (χ1n) is 7.34. The van der Waals surface area contributed by atoms with Gasteiger partial charge in [0, 0.05) is 29.3 Å². The van der Waals surface area contributed by atoms with Crippen molar-refractivity contribution in [2.75, 3.05) is 4.90 Å². The van der Waals surface area contributed by atoms with Gasteiger partial charge in [0.2, 0.25) is 0 Å². The molecule has 112 valence electrons. The molecule has 2 aromatic carbocycles. The molecule has 2 N–H and O–H groups in total. The highest BCUT2D eigenvalue weighted by Crippen LogP contribution is 2.29. The number of nitrogens with two attached hydrogens (primary N) is 1. The Balaban J connectivity index is 2.28. The lowest BCUT2D eigenvalue weighted by Crippen LogP contribution is -2.30. The molecule has 21 heavy (non-hydrogen) atoms. The second-order valence-electron chi connectivity index (χ2n) is 5.70. The van der Waals surface area contributed by atoms with Crippen LogP contribution in [0.1, 0.15) is 37.9 Å². The summed E-state index contributed by atoms with van der Waals surface area (Å²) in [5.41, 5.74) is 9.33. The van der Waals surface area contributed by atoms with Crippen molar-refractivity contribution in [2.45, 2.75) is 39.4 Å². The number of halogens is 1. The first-order valence-corrected chi connectivity index (χ1v) is 7.72. The van der Waals surface area contributed by atoms with E-state index < -0.39 is 0 Å². The van der Waals surface area contributed by atoms with E-state index in [4.69, 9.17) is 17.3 Å². The first-order chi connectivity index (χ1) is 9.99. The van der Waals surface area contributed by atoms with E-state index in [0.717, 1.165) is 22.8 Å². The Hall–Kier alpha value is -1.51. The molecule has 2 rings (SSSR count). The quantitative estimate of drug-likeness (QED) is 0.861. The van der Waals surface area contributed by atoms with Gasteiger partial charge in [-0.15, -0.1) is 0 Å². The summed E-state index contributed by atoms with van der Waals surface area (Å²) in [6, 6.07) is 17.0. The van der Waals surface area contributed by atoms with Gasteiger partial charge in [-0.25, -0.2) is 0 Å². The third kappa shape index (κ3) is 3.99. The van der Waals surface area contributed by atoms with Crippen LogP contribution >= 0.6 is 11.6 Å². The van der Waals surface area contributed by atoms with Crippen LogP contribution in [0.3, 0.4) is 0 Å². The summed E-state index contributed by atoms with van der Waals surface area (Å²) in [5, 5.41) is 0.737. The Morgan fingerprint density at radius 3 is 2.24 bits per heavy atom. The lowest BCUT2D eigenvalue weighted by atomic mass is 10.1. The molecule has 0 heterocycles. The van der Waals surface area contributed by atoms with E-state index in [1.54, 1.807) is 0 Å². The average Bonchev–Trinajstić information content (AvgIpc) is 2.45. The highest BCUT2D eigenvalue weighted by atomic mass is 35.5. The normalized spacial score (nSPS) is 12.5. The van der Waals surface area contributed by atoms with Gasteiger partial charge in [0.05, 0.1) is 0 Å². The molecule has 0 fully saturated rings. The van der Waals surface area contributed by atoms with Gasteiger partial charge in [0.15, 0.2) is 0 Å². The second kappa shape index (κ2) is 6.97. The SMILES string of the molecule is CC(N)c1ccc(N(Cc2ccccc2)C(C)C)cc1Cl. The molecule has 0 aliphatic rings. The topological polar surface area (TPSA) is 29.3 Å². The lowest BCUT2D eigenvalue weighted by Gasteiger charge is -2.30. The second-order valence-corrected chi connectivity index (χ2v) is 6.11. The van der Waals surface area contributed by atoms with Gasteiger partial charge < -0.3 is 10.6 Å². The Kier molecular flexibility index (Phi) is 5.27. The molecule has 2 nitrogen and oxygen atoms in total. The minimum Gasteiger partial charge on any atom is -0.365 e. The van der Waals surface area contributed by atoms with Crippen molar-refractivity contribution in [3.05, 3.63) is 64.7 Å². The zero-order valence-corrected chi connectivity index (χ0v) is 13.6. The number of hydrogen-bond acceptors (Lipinski definition) is 2. The van der Waals surface area contributed by atoms with Gasteiger partial charge in [-0.2, -0.15) is 0 Å². The fourth-order valence-electron chi connectivity index (χ4n) is 2.42. The molecule has 0 saturated carbocycles. The molecular weight excluding hydrogens is 280 g/mol. The Labute approximate surface area is 132 Å². The fraction of sp³-hybridized carbons (Fsp3) is 0.333. The summed E-state index contributed by atoms with van der Waals surface area (Å²) >= 11 is 6.37. The molecule has 0 aliphatic heterocycles. The molecule has 0 aliphatic carbocycles. The van der Waals surface area contributed by atoms with Gasteiger partial charge in [-0.05, 0) is 44.0 Å². The van der Waals surface area contributed by atoms with Crippen LogP contribution in [0.4, 0.5) is 5.69 Å². The van der Waals surface area contributed by atoms with Gasteiger partial charge in [0.25, 0.3) is 0 Å². The van der Waals surface area contributed by atoms with Crippen molar-refractivity contribution in [1.82, 2.24) is 0 Å². The predicted molar refractivity (Wildman–Crippen MR) is 91.8 cm³/mol. The summed E-state index contributed by atoms with van der Waals surface area (Å²) < 4.78 is 0. The van der Waals surface area contributed by atoms with Crippen LogP contribution in [0.25, 0.3) is 0 Å². The number of nitrogens with zero attached hydrogens (tertiary/aromatic N) is 1. The first kappa shape index (κ1) is 15.9. The van der Waals surface area contributed by atoms with Crippen LogP contribution in [-0.2, 0) is 6.54 Å². The maximum Gasteiger partial charge on any atom is 0.0474 e. The monoisotopic (exact) mass is 302 g/mol. The van der Waals surface area contributed by atoms with Gasteiger partial charge in [-0.3, -0.25) is 0 Å². The summed E-state index contributed by atoms with van der Waals surface area (Å²) in [7, 11) is 0. The van der Waals surface area contributed by atoms with Gasteiger partial charge in [-0.1, -0.05) is 48.0 Å². The smallest absolute Gasteiger partial charge is 0.0474 e. The van der Waals surface area contributed by atoms with E-state index in [0.29, 0.717) is 6.04 Å². The summed E-state index contributed by atoms with van der Waals surface area (Å²) in [4.78, 5) is 2.34. The third-order valence-electron chi connectivity index (χ3n) is 3.63. The summed E-state index contributed by atoms with van der Waals surface area (Å²) in [6.45, 7) is 7.20. The number of anilines is 1. The maximum atomic E-state index is 6.37. The molecule has 3 heteroatoms. The Morgan fingerprint density at radius 1 is 1.05 bits per heavy atom. The molecule has 1 atom stereocenters. The molecule has 0 bridgehead atoms. The van der Waals surface area contributed by atoms with E-state index in [1.165, 1.54) is 5.56 Å². The van der Waals surface area contributed by atoms with E-state index in [-0.39, 0.29) is 6.04 Å². The van der Waals surface area contributed by atoms with Crippen LogP contribution in [0, 0.1) is 0 Å². The van der Waals surface area contributed by atoms with E-state index in [1.807, 2.05) is 25.1 Å². The highest BCUT2D eigenvalue weighted by molar-refractivity contribution is 6.31. The van der Waals surface area contributed by atoms with Crippen LogP contribution in [0.2, 0.25) is 5.02 Å². The third-order valence-corrected chi connectivity index (χ3v) is 3.95. The molecule has 0 spiro atoms. The van der Waals surface area contributed by atoms with Crippen LogP contribution in [0.5, 0.6) is 0 Å². The van der Waals surface area contributed by atoms with Gasteiger partial charge >= 0.3 is 0 Å². The maximum absolute atomic E-state index is 6.37. The zero-order chi connectivity index (χ0) is 15.4. The molecule has 0 aromatic heterocycles. The standard InChI is InChI=1S/C18H23ClN2/c1-13(2)21(12-15-7-5-4-6-8-15)16-9-10-17(14(3)20)18(19)11-16/h4-11,13-14H,12,20H2,1-3H3.